The SMILES string of the molecule is CCC(C)(C)Nc1ncc2nc(Nc3cccc(C(F)(F)F)c3)n([C@H]3CC[C@H](CN)CC3)c2n1. The normalized spacial score (nSPS) is 19.4. The van der Waals surface area contributed by atoms with Crippen molar-refractivity contribution in [3.8, 4) is 0 Å². The van der Waals surface area contributed by atoms with Crippen LogP contribution in [0.5, 0.6) is 0 Å². The van der Waals surface area contributed by atoms with E-state index in [0.29, 0.717) is 41.2 Å². The Morgan fingerprint density at radius 3 is 2.50 bits per heavy atom. The van der Waals surface area contributed by atoms with Gasteiger partial charge in [-0.2, -0.15) is 18.2 Å². The van der Waals surface area contributed by atoms with E-state index in [-0.39, 0.29) is 11.6 Å². The van der Waals surface area contributed by atoms with E-state index in [1.807, 2.05) is 4.57 Å². The van der Waals surface area contributed by atoms with Gasteiger partial charge in [0.2, 0.25) is 11.9 Å². The van der Waals surface area contributed by atoms with Crippen LogP contribution in [-0.4, -0.2) is 31.6 Å². The van der Waals surface area contributed by atoms with Gasteiger partial charge in [-0.3, -0.25) is 4.57 Å². The van der Waals surface area contributed by atoms with Crippen molar-refractivity contribution in [3.63, 3.8) is 0 Å². The second kappa shape index (κ2) is 9.40. The Morgan fingerprint density at radius 1 is 1.12 bits per heavy atom. The summed E-state index contributed by atoms with van der Waals surface area (Å²) < 4.78 is 41.7. The van der Waals surface area contributed by atoms with Crippen LogP contribution < -0.4 is 16.4 Å². The molecule has 0 aliphatic heterocycles. The number of benzene rings is 1. The molecule has 1 aromatic carbocycles. The summed E-state index contributed by atoms with van der Waals surface area (Å²) in [6.07, 6.45) is 1.91. The van der Waals surface area contributed by atoms with E-state index in [0.717, 1.165) is 44.2 Å². The summed E-state index contributed by atoms with van der Waals surface area (Å²) >= 11 is 0. The van der Waals surface area contributed by atoms with E-state index < -0.39 is 11.7 Å². The molecule has 0 spiro atoms. The summed E-state index contributed by atoms with van der Waals surface area (Å²) in [4.78, 5) is 13.9. The minimum Gasteiger partial charge on any atom is -0.349 e. The number of imidazole rings is 1. The number of nitrogens with zero attached hydrogens (tertiary/aromatic N) is 4. The van der Waals surface area contributed by atoms with Gasteiger partial charge in [-0.15, -0.1) is 0 Å². The Hall–Kier alpha value is -2.88. The summed E-state index contributed by atoms with van der Waals surface area (Å²) in [7, 11) is 0. The highest BCUT2D eigenvalue weighted by atomic mass is 19.4. The van der Waals surface area contributed by atoms with Crippen LogP contribution in [0.25, 0.3) is 11.2 Å². The summed E-state index contributed by atoms with van der Waals surface area (Å²) in [5.74, 6) is 1.46. The number of alkyl halides is 3. The lowest BCUT2D eigenvalue weighted by molar-refractivity contribution is -0.137. The van der Waals surface area contributed by atoms with Crippen LogP contribution in [0.4, 0.5) is 30.8 Å². The summed E-state index contributed by atoms with van der Waals surface area (Å²) in [5.41, 5.74) is 6.56. The Bertz CT molecular complexity index is 1130. The number of halogens is 3. The molecule has 1 aliphatic rings. The van der Waals surface area contributed by atoms with E-state index in [9.17, 15) is 13.2 Å². The molecule has 1 aliphatic carbocycles. The topological polar surface area (TPSA) is 93.7 Å². The van der Waals surface area contributed by atoms with Crippen molar-refractivity contribution in [1.82, 2.24) is 19.5 Å². The molecule has 0 radical (unpaired) electrons. The minimum absolute atomic E-state index is 0.114. The lowest BCUT2D eigenvalue weighted by Crippen LogP contribution is -2.30. The van der Waals surface area contributed by atoms with Crippen LogP contribution >= 0.6 is 0 Å². The van der Waals surface area contributed by atoms with Crippen molar-refractivity contribution in [3.05, 3.63) is 36.0 Å². The average Bonchev–Trinajstić information content (AvgIpc) is 3.15. The summed E-state index contributed by atoms with van der Waals surface area (Å²) in [6.45, 7) is 6.90. The molecule has 2 aromatic heterocycles. The standard InChI is InChI=1S/C24H32F3N7/c1-4-23(2,3)33-21-29-14-19-20(32-21)34(18-10-8-15(13-28)9-11-18)22(31-19)30-17-7-5-6-16(12-17)24(25,26)27/h5-7,12,14-15,18H,4,8-11,13,28H2,1-3H3,(H,30,31)(H,29,32,33)/t15-,18-. The summed E-state index contributed by atoms with van der Waals surface area (Å²) in [6, 6.07) is 5.26. The molecule has 10 heteroatoms. The van der Waals surface area contributed by atoms with Gasteiger partial charge in [0.25, 0.3) is 0 Å². The highest BCUT2D eigenvalue weighted by molar-refractivity contribution is 5.76. The first kappa shape index (κ1) is 24.3. The van der Waals surface area contributed by atoms with Crippen molar-refractivity contribution >= 4 is 28.7 Å². The van der Waals surface area contributed by atoms with Gasteiger partial charge in [0.15, 0.2) is 5.65 Å². The number of nitrogens with two attached hydrogens (primary N) is 1. The fourth-order valence-corrected chi connectivity index (χ4v) is 4.32. The number of fused-ring (bicyclic) bond motifs is 1. The monoisotopic (exact) mass is 475 g/mol. The van der Waals surface area contributed by atoms with Crippen LogP contribution in [0.1, 0.15) is 64.5 Å². The number of nitrogens with one attached hydrogen (secondary N) is 2. The van der Waals surface area contributed by atoms with Crippen molar-refractivity contribution < 1.29 is 13.2 Å². The molecule has 4 N–H and O–H groups in total. The Balaban J connectivity index is 1.74. The average molecular weight is 476 g/mol. The number of hydrogen-bond donors (Lipinski definition) is 3. The maximum Gasteiger partial charge on any atom is 0.416 e. The lowest BCUT2D eigenvalue weighted by Gasteiger charge is -2.30. The van der Waals surface area contributed by atoms with E-state index in [1.165, 1.54) is 6.07 Å². The second-order valence-electron chi connectivity index (χ2n) is 9.68. The Labute approximate surface area is 197 Å². The third-order valence-electron chi connectivity index (χ3n) is 6.73. The van der Waals surface area contributed by atoms with E-state index in [2.05, 4.69) is 41.4 Å². The first-order valence-electron chi connectivity index (χ1n) is 11.8. The molecule has 1 saturated carbocycles. The zero-order chi connectivity index (χ0) is 24.5. The maximum absolute atomic E-state index is 13.2. The fraction of sp³-hybridized carbons (Fsp3) is 0.542. The Morgan fingerprint density at radius 2 is 1.85 bits per heavy atom. The third kappa shape index (κ3) is 5.27. The molecule has 1 fully saturated rings. The number of aromatic nitrogens is 4. The molecule has 7 nitrogen and oxygen atoms in total. The third-order valence-corrected chi connectivity index (χ3v) is 6.73. The predicted molar refractivity (Wildman–Crippen MR) is 128 cm³/mol. The lowest BCUT2D eigenvalue weighted by atomic mass is 9.86. The predicted octanol–water partition coefficient (Wildman–Crippen LogP) is 5.88. The largest absolute Gasteiger partial charge is 0.416 e. The molecule has 0 unspecified atom stereocenters. The quantitative estimate of drug-likeness (QED) is 0.395. The van der Waals surface area contributed by atoms with Crippen molar-refractivity contribution in [2.24, 2.45) is 11.7 Å². The second-order valence-corrected chi connectivity index (χ2v) is 9.68. The van der Waals surface area contributed by atoms with Gasteiger partial charge in [-0.1, -0.05) is 13.0 Å². The van der Waals surface area contributed by atoms with E-state index in [4.69, 9.17) is 10.7 Å². The molecule has 0 atom stereocenters. The van der Waals surface area contributed by atoms with E-state index in [1.54, 1.807) is 12.3 Å². The molecule has 0 bridgehead atoms. The van der Waals surface area contributed by atoms with Gasteiger partial charge in [0.05, 0.1) is 11.8 Å². The van der Waals surface area contributed by atoms with Gasteiger partial charge in [0, 0.05) is 17.3 Å². The molecule has 0 amide bonds. The minimum atomic E-state index is -4.42. The van der Waals surface area contributed by atoms with Gasteiger partial charge < -0.3 is 16.4 Å². The molecular weight excluding hydrogens is 443 g/mol. The number of anilines is 3. The molecule has 0 saturated heterocycles. The van der Waals surface area contributed by atoms with Crippen molar-refractivity contribution in [1.29, 1.82) is 0 Å². The maximum atomic E-state index is 13.2. The fourth-order valence-electron chi connectivity index (χ4n) is 4.32. The van der Waals surface area contributed by atoms with Crippen LogP contribution in [0.2, 0.25) is 0 Å². The highest BCUT2D eigenvalue weighted by Gasteiger charge is 2.31. The van der Waals surface area contributed by atoms with Crippen molar-refractivity contribution in [2.75, 3.05) is 17.2 Å². The zero-order valence-corrected chi connectivity index (χ0v) is 19.8. The molecule has 2 heterocycles. The van der Waals surface area contributed by atoms with E-state index >= 15 is 0 Å². The molecule has 184 valence electrons. The first-order chi connectivity index (χ1) is 16.1. The van der Waals surface area contributed by atoms with Crippen LogP contribution in [0.15, 0.2) is 30.5 Å². The van der Waals surface area contributed by atoms with Gasteiger partial charge in [-0.05, 0) is 76.6 Å². The first-order valence-corrected chi connectivity index (χ1v) is 11.8. The van der Waals surface area contributed by atoms with Gasteiger partial charge >= 0.3 is 6.18 Å². The summed E-state index contributed by atoms with van der Waals surface area (Å²) in [5, 5.41) is 6.48. The van der Waals surface area contributed by atoms with Gasteiger partial charge in [0.1, 0.15) is 5.52 Å². The number of rotatable bonds is 7. The smallest absolute Gasteiger partial charge is 0.349 e. The van der Waals surface area contributed by atoms with Crippen LogP contribution in [0, 0.1) is 5.92 Å². The zero-order valence-electron chi connectivity index (χ0n) is 19.8. The van der Waals surface area contributed by atoms with Crippen molar-refractivity contribution in [2.45, 2.75) is 70.6 Å². The van der Waals surface area contributed by atoms with Crippen LogP contribution in [0.3, 0.4) is 0 Å². The molecular formula is C24H32F3N7. The van der Waals surface area contributed by atoms with Crippen LogP contribution in [-0.2, 0) is 6.18 Å². The number of hydrogen-bond acceptors (Lipinski definition) is 6. The van der Waals surface area contributed by atoms with Gasteiger partial charge in [-0.25, -0.2) is 9.97 Å². The molecule has 34 heavy (non-hydrogen) atoms. The molecule has 3 aromatic rings. The highest BCUT2D eigenvalue weighted by Crippen LogP contribution is 2.37. The molecule has 4 rings (SSSR count). The Kier molecular flexibility index (Phi) is 6.71.